The molecule has 0 atom stereocenters. The van der Waals surface area contributed by atoms with Gasteiger partial charge in [-0.25, -0.2) is 15.0 Å². The summed E-state index contributed by atoms with van der Waals surface area (Å²) in [6.07, 6.45) is 4.41. The van der Waals surface area contributed by atoms with Gasteiger partial charge in [0.25, 0.3) is 0 Å². The topological polar surface area (TPSA) is 57.2 Å². The molecule has 0 fully saturated rings. The van der Waals surface area contributed by atoms with Crippen LogP contribution in [0.25, 0.3) is 0 Å². The molecule has 0 saturated heterocycles. The van der Waals surface area contributed by atoms with Crippen molar-refractivity contribution in [2.24, 2.45) is 0 Å². The van der Waals surface area contributed by atoms with Crippen LogP contribution in [0.2, 0.25) is 0 Å². The van der Waals surface area contributed by atoms with Crippen molar-refractivity contribution in [2.45, 2.75) is 39.2 Å². The quantitative estimate of drug-likeness (QED) is 0.562. The molecular formula is C25H30N6S. The van der Waals surface area contributed by atoms with E-state index in [1.807, 2.05) is 12.3 Å². The standard InChI is InChI=1S/C25H30N6S/c1-17-5-4-9-26-24(17)30-10-8-19-21(14-30)27-16-28-23(19)29-18-6-7-20-22(13-18)31(11-12-32)15-25(20,2)3/h4-7,9,13,16,32H,8,10-12,14-15H2,1-3H3,(H,27,28,29). The Labute approximate surface area is 195 Å². The minimum atomic E-state index is 0.151. The first-order chi connectivity index (χ1) is 15.5. The fourth-order valence-electron chi connectivity index (χ4n) is 5.00. The molecule has 2 aromatic heterocycles. The van der Waals surface area contributed by atoms with E-state index < -0.39 is 0 Å². The van der Waals surface area contributed by atoms with Gasteiger partial charge in [-0.3, -0.25) is 0 Å². The van der Waals surface area contributed by atoms with E-state index in [2.05, 4.69) is 87.7 Å². The third-order valence-corrected chi connectivity index (χ3v) is 6.77. The Morgan fingerprint density at radius 3 is 2.84 bits per heavy atom. The summed E-state index contributed by atoms with van der Waals surface area (Å²) in [7, 11) is 0. The number of benzene rings is 1. The number of hydrogen-bond acceptors (Lipinski definition) is 7. The third kappa shape index (κ3) is 3.79. The van der Waals surface area contributed by atoms with Crippen LogP contribution in [0.5, 0.6) is 0 Å². The number of fused-ring (bicyclic) bond motifs is 2. The highest BCUT2D eigenvalue weighted by Crippen LogP contribution is 2.42. The van der Waals surface area contributed by atoms with Crippen LogP contribution in [0.3, 0.4) is 0 Å². The molecule has 0 unspecified atom stereocenters. The highest BCUT2D eigenvalue weighted by Gasteiger charge is 2.34. The van der Waals surface area contributed by atoms with Crippen molar-refractivity contribution in [3.8, 4) is 0 Å². The maximum Gasteiger partial charge on any atom is 0.137 e. The summed E-state index contributed by atoms with van der Waals surface area (Å²) in [6.45, 7) is 10.4. The van der Waals surface area contributed by atoms with Gasteiger partial charge < -0.3 is 15.1 Å². The summed E-state index contributed by atoms with van der Waals surface area (Å²) < 4.78 is 0. The molecule has 32 heavy (non-hydrogen) atoms. The van der Waals surface area contributed by atoms with Crippen LogP contribution in [0.1, 0.15) is 36.2 Å². The van der Waals surface area contributed by atoms with E-state index in [-0.39, 0.29) is 5.41 Å². The second-order valence-corrected chi connectivity index (χ2v) is 9.80. The van der Waals surface area contributed by atoms with Crippen LogP contribution in [0.15, 0.2) is 42.9 Å². The van der Waals surface area contributed by atoms with Gasteiger partial charge in [0.15, 0.2) is 0 Å². The first-order valence-electron chi connectivity index (χ1n) is 11.2. The lowest BCUT2D eigenvalue weighted by Crippen LogP contribution is -2.32. The van der Waals surface area contributed by atoms with Crippen LogP contribution < -0.4 is 15.1 Å². The Kier molecular flexibility index (Phi) is 5.45. The molecule has 2 aliphatic rings. The fraction of sp³-hybridized carbons (Fsp3) is 0.400. The smallest absolute Gasteiger partial charge is 0.137 e. The average molecular weight is 447 g/mol. The summed E-state index contributed by atoms with van der Waals surface area (Å²) in [5, 5.41) is 3.59. The van der Waals surface area contributed by atoms with E-state index in [1.54, 1.807) is 6.33 Å². The van der Waals surface area contributed by atoms with Gasteiger partial charge in [0.2, 0.25) is 0 Å². The summed E-state index contributed by atoms with van der Waals surface area (Å²) in [6, 6.07) is 10.8. The molecule has 0 bridgehead atoms. The zero-order valence-corrected chi connectivity index (χ0v) is 19.9. The normalized spacial score (nSPS) is 16.6. The molecule has 6 nitrogen and oxygen atoms in total. The number of hydrogen-bond donors (Lipinski definition) is 2. The third-order valence-electron chi connectivity index (χ3n) is 6.57. The molecule has 3 aromatic rings. The zero-order chi connectivity index (χ0) is 22.3. The summed E-state index contributed by atoms with van der Waals surface area (Å²) in [5.41, 5.74) is 7.37. The predicted molar refractivity (Wildman–Crippen MR) is 135 cm³/mol. The van der Waals surface area contributed by atoms with Gasteiger partial charge in [-0.2, -0.15) is 12.6 Å². The fourth-order valence-corrected chi connectivity index (χ4v) is 5.24. The second kappa shape index (κ2) is 8.28. The highest BCUT2D eigenvalue weighted by molar-refractivity contribution is 7.80. The molecule has 0 aliphatic carbocycles. The molecule has 0 radical (unpaired) electrons. The number of aromatic nitrogens is 3. The van der Waals surface area contributed by atoms with Crippen LogP contribution in [0, 0.1) is 6.92 Å². The van der Waals surface area contributed by atoms with Crippen molar-refractivity contribution in [3.05, 3.63) is 65.2 Å². The highest BCUT2D eigenvalue weighted by atomic mass is 32.1. The van der Waals surface area contributed by atoms with Crippen molar-refractivity contribution < 1.29 is 0 Å². The van der Waals surface area contributed by atoms with E-state index >= 15 is 0 Å². The molecule has 7 heteroatoms. The van der Waals surface area contributed by atoms with Crippen molar-refractivity contribution in [1.82, 2.24) is 15.0 Å². The van der Waals surface area contributed by atoms with Crippen molar-refractivity contribution in [2.75, 3.05) is 40.5 Å². The molecule has 1 aromatic carbocycles. The van der Waals surface area contributed by atoms with Gasteiger partial charge in [0.05, 0.1) is 12.2 Å². The lowest BCUT2D eigenvalue weighted by Gasteiger charge is -2.30. The van der Waals surface area contributed by atoms with Gasteiger partial charge in [0.1, 0.15) is 18.0 Å². The SMILES string of the molecule is Cc1cccnc1N1CCc2c(ncnc2Nc2ccc3c(c2)N(CCS)CC3(C)C)C1. The maximum atomic E-state index is 4.60. The number of nitrogens with one attached hydrogen (secondary N) is 1. The Morgan fingerprint density at radius 2 is 2.03 bits per heavy atom. The number of rotatable bonds is 5. The van der Waals surface area contributed by atoms with Crippen molar-refractivity contribution >= 4 is 35.6 Å². The molecule has 0 spiro atoms. The number of pyridine rings is 1. The van der Waals surface area contributed by atoms with Gasteiger partial charge in [0, 0.05) is 53.9 Å². The molecule has 166 valence electrons. The largest absolute Gasteiger partial charge is 0.370 e. The summed E-state index contributed by atoms with van der Waals surface area (Å²) >= 11 is 4.46. The Balaban J connectivity index is 1.41. The molecule has 1 N–H and O–H groups in total. The van der Waals surface area contributed by atoms with Crippen LogP contribution in [-0.4, -0.2) is 40.3 Å². The summed E-state index contributed by atoms with van der Waals surface area (Å²) in [5.74, 6) is 2.79. The van der Waals surface area contributed by atoms with Crippen LogP contribution >= 0.6 is 12.6 Å². The van der Waals surface area contributed by atoms with E-state index in [0.29, 0.717) is 0 Å². The van der Waals surface area contributed by atoms with Gasteiger partial charge in [-0.1, -0.05) is 26.0 Å². The number of aryl methyl sites for hydroxylation is 1. The number of anilines is 4. The summed E-state index contributed by atoms with van der Waals surface area (Å²) in [4.78, 5) is 18.5. The van der Waals surface area contributed by atoms with Gasteiger partial charge in [-0.05, 0) is 42.7 Å². The van der Waals surface area contributed by atoms with E-state index in [9.17, 15) is 0 Å². The van der Waals surface area contributed by atoms with E-state index in [0.717, 1.165) is 61.4 Å². The molecule has 5 rings (SSSR count). The molecule has 0 saturated carbocycles. The van der Waals surface area contributed by atoms with Gasteiger partial charge in [-0.15, -0.1) is 0 Å². The predicted octanol–water partition coefficient (Wildman–Crippen LogP) is 4.51. The van der Waals surface area contributed by atoms with Crippen LogP contribution in [0.4, 0.5) is 23.0 Å². The van der Waals surface area contributed by atoms with E-state index in [4.69, 9.17) is 0 Å². The average Bonchev–Trinajstić information content (AvgIpc) is 3.03. The Hall–Kier alpha value is -2.80. The number of thiol groups is 1. The first kappa shape index (κ1) is 21.1. The maximum absolute atomic E-state index is 4.60. The lowest BCUT2D eigenvalue weighted by molar-refractivity contribution is 0.555. The lowest BCUT2D eigenvalue weighted by atomic mass is 9.87. The minimum absolute atomic E-state index is 0.151. The molecule has 0 amide bonds. The van der Waals surface area contributed by atoms with Gasteiger partial charge >= 0.3 is 0 Å². The monoisotopic (exact) mass is 446 g/mol. The second-order valence-electron chi connectivity index (χ2n) is 9.35. The molecule has 2 aliphatic heterocycles. The van der Waals surface area contributed by atoms with E-state index in [1.165, 1.54) is 22.4 Å². The minimum Gasteiger partial charge on any atom is -0.370 e. The van der Waals surface area contributed by atoms with Crippen LogP contribution in [-0.2, 0) is 18.4 Å². The van der Waals surface area contributed by atoms with Crippen molar-refractivity contribution in [1.29, 1.82) is 0 Å². The molecule has 4 heterocycles. The zero-order valence-electron chi connectivity index (χ0n) is 19.0. The molecular weight excluding hydrogens is 416 g/mol. The van der Waals surface area contributed by atoms with Crippen molar-refractivity contribution in [3.63, 3.8) is 0 Å². The Bertz CT molecular complexity index is 1150. The first-order valence-corrected chi connectivity index (χ1v) is 11.9. The number of nitrogens with zero attached hydrogens (tertiary/aromatic N) is 5. The Morgan fingerprint density at radius 1 is 1.16 bits per heavy atom.